The van der Waals surface area contributed by atoms with Gasteiger partial charge in [0.1, 0.15) is 0 Å². The molecule has 2 fully saturated rings. The van der Waals surface area contributed by atoms with Crippen LogP contribution in [0.25, 0.3) is 11.0 Å². The summed E-state index contributed by atoms with van der Waals surface area (Å²) in [6, 6.07) is 4.51. The lowest BCUT2D eigenvalue weighted by Crippen LogP contribution is -2.36. The molecule has 2 heterocycles. The Morgan fingerprint density at radius 3 is 2.73 bits per heavy atom. The van der Waals surface area contributed by atoms with Gasteiger partial charge in [-0.15, -0.1) is 0 Å². The topological polar surface area (TPSA) is 75.5 Å². The van der Waals surface area contributed by atoms with Crippen molar-refractivity contribution in [2.75, 3.05) is 36.5 Å². The average Bonchev–Trinajstić information content (AvgIpc) is 3.20. The fourth-order valence-corrected chi connectivity index (χ4v) is 2.86. The van der Waals surface area contributed by atoms with Crippen LogP contribution >= 0.6 is 12.2 Å². The quantitative estimate of drug-likeness (QED) is 0.825. The highest BCUT2D eigenvalue weighted by Gasteiger charge is 2.23. The van der Waals surface area contributed by atoms with E-state index in [-0.39, 0.29) is 0 Å². The van der Waals surface area contributed by atoms with Crippen molar-refractivity contribution in [1.29, 1.82) is 0 Å². The normalized spacial score (nSPS) is 18.5. The minimum atomic E-state index is 0.513. The van der Waals surface area contributed by atoms with E-state index >= 15 is 0 Å². The second-order valence-corrected chi connectivity index (χ2v) is 5.97. The van der Waals surface area contributed by atoms with Gasteiger partial charge < -0.3 is 20.3 Å². The van der Waals surface area contributed by atoms with Crippen LogP contribution in [-0.4, -0.2) is 47.8 Å². The van der Waals surface area contributed by atoms with Crippen molar-refractivity contribution in [3.05, 3.63) is 12.1 Å². The van der Waals surface area contributed by atoms with Crippen molar-refractivity contribution in [2.24, 2.45) is 0 Å². The smallest absolute Gasteiger partial charge is 0.171 e. The number of fused-ring (bicyclic) bond motifs is 1. The molecule has 1 aliphatic carbocycles. The van der Waals surface area contributed by atoms with Crippen molar-refractivity contribution in [3.63, 3.8) is 0 Å². The first kappa shape index (κ1) is 13.7. The summed E-state index contributed by atoms with van der Waals surface area (Å²) in [5, 5.41) is 15.1. The van der Waals surface area contributed by atoms with Gasteiger partial charge in [0.15, 0.2) is 16.1 Å². The van der Waals surface area contributed by atoms with E-state index in [9.17, 15) is 0 Å². The minimum Gasteiger partial charge on any atom is -0.378 e. The average molecular weight is 319 g/mol. The summed E-state index contributed by atoms with van der Waals surface area (Å²) in [4.78, 5) is 2.24. The summed E-state index contributed by atoms with van der Waals surface area (Å²) in [6.07, 6.45) is 2.36. The third kappa shape index (κ3) is 2.71. The number of rotatable bonds is 3. The maximum Gasteiger partial charge on any atom is 0.171 e. The lowest BCUT2D eigenvalue weighted by Gasteiger charge is -2.28. The highest BCUT2D eigenvalue weighted by atomic mass is 32.1. The Morgan fingerprint density at radius 1 is 1.18 bits per heavy atom. The molecule has 1 aromatic heterocycles. The van der Waals surface area contributed by atoms with Crippen LogP contribution in [-0.2, 0) is 4.74 Å². The number of aromatic nitrogens is 2. The Hall–Kier alpha value is -1.93. The van der Waals surface area contributed by atoms with Crippen LogP contribution in [0.15, 0.2) is 16.8 Å². The van der Waals surface area contributed by atoms with Crippen molar-refractivity contribution in [3.8, 4) is 0 Å². The molecule has 0 bridgehead atoms. The number of anilines is 2. The summed E-state index contributed by atoms with van der Waals surface area (Å²) < 4.78 is 10.3. The zero-order chi connectivity index (χ0) is 14.9. The van der Waals surface area contributed by atoms with Crippen LogP contribution in [0.1, 0.15) is 12.8 Å². The fraction of sp³-hybridized carbons (Fsp3) is 0.500. The van der Waals surface area contributed by atoms with E-state index in [1.165, 1.54) is 12.8 Å². The molecule has 1 aliphatic heterocycles. The van der Waals surface area contributed by atoms with E-state index in [1.54, 1.807) is 0 Å². The number of nitrogens with zero attached hydrogens (tertiary/aromatic N) is 3. The van der Waals surface area contributed by atoms with E-state index in [1.807, 2.05) is 12.1 Å². The van der Waals surface area contributed by atoms with E-state index in [0.717, 1.165) is 43.2 Å². The minimum absolute atomic E-state index is 0.513. The Kier molecular flexibility index (Phi) is 3.55. The van der Waals surface area contributed by atoms with Gasteiger partial charge in [-0.1, -0.05) is 0 Å². The van der Waals surface area contributed by atoms with Gasteiger partial charge in [-0.05, 0) is 47.5 Å². The molecule has 0 atom stereocenters. The second kappa shape index (κ2) is 5.69. The zero-order valence-corrected chi connectivity index (χ0v) is 12.9. The summed E-state index contributed by atoms with van der Waals surface area (Å²) >= 11 is 5.32. The van der Waals surface area contributed by atoms with E-state index in [4.69, 9.17) is 21.6 Å². The van der Waals surface area contributed by atoms with Crippen LogP contribution in [0.3, 0.4) is 0 Å². The van der Waals surface area contributed by atoms with Crippen LogP contribution < -0.4 is 15.5 Å². The first-order valence-electron chi connectivity index (χ1n) is 7.47. The standard InChI is InChI=1S/C14H17N5O2S/c22-14(15-9-1-2-9)16-10-3-4-11(13-12(10)17-21-18-13)19-5-7-20-8-6-19/h3-4,9H,1-2,5-8H2,(H2,15,16,22). The van der Waals surface area contributed by atoms with Crippen LogP contribution in [0.4, 0.5) is 11.4 Å². The summed E-state index contributed by atoms with van der Waals surface area (Å²) in [5.41, 5.74) is 3.28. The number of hydrogen-bond acceptors (Lipinski definition) is 6. The molecule has 8 heteroatoms. The van der Waals surface area contributed by atoms with Crippen LogP contribution in [0, 0.1) is 0 Å². The first-order chi connectivity index (χ1) is 10.8. The molecule has 7 nitrogen and oxygen atoms in total. The molecule has 0 amide bonds. The van der Waals surface area contributed by atoms with E-state index in [0.29, 0.717) is 16.7 Å². The second-order valence-electron chi connectivity index (χ2n) is 5.57. The first-order valence-corrected chi connectivity index (χ1v) is 7.87. The number of morpholine rings is 1. The van der Waals surface area contributed by atoms with Gasteiger partial charge >= 0.3 is 0 Å². The molecule has 4 rings (SSSR count). The van der Waals surface area contributed by atoms with Gasteiger partial charge in [0, 0.05) is 19.1 Å². The van der Waals surface area contributed by atoms with Gasteiger partial charge in [-0.2, -0.15) is 0 Å². The van der Waals surface area contributed by atoms with Gasteiger partial charge in [-0.3, -0.25) is 0 Å². The molecule has 1 saturated carbocycles. The molecule has 2 aliphatic rings. The van der Waals surface area contributed by atoms with Crippen LogP contribution in [0.5, 0.6) is 0 Å². The summed E-state index contributed by atoms with van der Waals surface area (Å²) in [6.45, 7) is 3.14. The Balaban J connectivity index is 1.60. The zero-order valence-electron chi connectivity index (χ0n) is 12.0. The third-order valence-corrected chi connectivity index (χ3v) is 4.13. The van der Waals surface area contributed by atoms with Gasteiger partial charge in [0.25, 0.3) is 0 Å². The van der Waals surface area contributed by atoms with Gasteiger partial charge in [0.05, 0.1) is 24.6 Å². The SMILES string of the molecule is S=C(Nc1ccc(N2CCOCC2)c2nonc12)NC1CC1. The summed E-state index contributed by atoms with van der Waals surface area (Å²) in [7, 11) is 0. The Bertz CT molecular complexity index is 694. The molecule has 2 aromatic rings. The molecule has 1 aromatic carbocycles. The van der Waals surface area contributed by atoms with E-state index < -0.39 is 0 Å². The van der Waals surface area contributed by atoms with E-state index in [2.05, 4.69) is 25.8 Å². The van der Waals surface area contributed by atoms with Crippen molar-refractivity contribution in [1.82, 2.24) is 15.6 Å². The molecular formula is C14H17N5O2S. The van der Waals surface area contributed by atoms with Crippen molar-refractivity contribution < 1.29 is 9.37 Å². The molecule has 2 N–H and O–H groups in total. The number of ether oxygens (including phenoxy) is 1. The predicted octanol–water partition coefficient (Wildman–Crippen LogP) is 1.51. The highest BCUT2D eigenvalue weighted by molar-refractivity contribution is 7.80. The van der Waals surface area contributed by atoms with Crippen LogP contribution in [0.2, 0.25) is 0 Å². The number of benzene rings is 1. The molecule has 1 saturated heterocycles. The fourth-order valence-electron chi connectivity index (χ4n) is 2.59. The van der Waals surface area contributed by atoms with Crippen molar-refractivity contribution in [2.45, 2.75) is 18.9 Å². The van der Waals surface area contributed by atoms with Crippen molar-refractivity contribution >= 4 is 39.7 Å². The maximum atomic E-state index is 5.40. The molecule has 116 valence electrons. The molecule has 0 radical (unpaired) electrons. The molecule has 22 heavy (non-hydrogen) atoms. The Morgan fingerprint density at radius 2 is 1.95 bits per heavy atom. The largest absolute Gasteiger partial charge is 0.378 e. The Labute approximate surface area is 132 Å². The number of hydrogen-bond donors (Lipinski definition) is 2. The molecule has 0 spiro atoms. The number of nitrogens with one attached hydrogen (secondary N) is 2. The van der Waals surface area contributed by atoms with Gasteiger partial charge in [-0.25, -0.2) is 4.63 Å². The molecular weight excluding hydrogens is 302 g/mol. The number of thiocarbonyl (C=S) groups is 1. The molecule has 0 unspecified atom stereocenters. The lowest BCUT2D eigenvalue weighted by atomic mass is 10.2. The van der Waals surface area contributed by atoms with Gasteiger partial charge in [0.2, 0.25) is 0 Å². The third-order valence-electron chi connectivity index (χ3n) is 3.91. The lowest BCUT2D eigenvalue weighted by molar-refractivity contribution is 0.123. The highest BCUT2D eigenvalue weighted by Crippen LogP contribution is 2.30. The monoisotopic (exact) mass is 319 g/mol. The summed E-state index contributed by atoms with van der Waals surface area (Å²) in [5.74, 6) is 0. The maximum absolute atomic E-state index is 5.40. The predicted molar refractivity (Wildman–Crippen MR) is 87.2 cm³/mol.